The molecule has 2 aromatic carbocycles. The number of anilines is 1. The van der Waals surface area contributed by atoms with Gasteiger partial charge in [0.25, 0.3) is 11.8 Å². The second kappa shape index (κ2) is 7.15. The van der Waals surface area contributed by atoms with E-state index >= 15 is 0 Å². The van der Waals surface area contributed by atoms with Gasteiger partial charge in [-0.15, -0.1) is 0 Å². The Morgan fingerprint density at radius 3 is 2.26 bits per heavy atom. The van der Waals surface area contributed by atoms with Gasteiger partial charge in [0.1, 0.15) is 0 Å². The number of rotatable bonds is 3. The molecule has 4 amide bonds. The Hall–Kier alpha value is -2.67. The van der Waals surface area contributed by atoms with Crippen molar-refractivity contribution in [2.45, 2.75) is 32.9 Å². The number of carbonyl (C=O) groups excluding carboxylic acids is 3. The van der Waals surface area contributed by atoms with Crippen LogP contribution in [0.5, 0.6) is 0 Å². The molecule has 2 N–H and O–H groups in total. The maximum absolute atomic E-state index is 12.6. The first-order valence-electron chi connectivity index (χ1n) is 8.49. The Kier molecular flexibility index (Phi) is 5.06. The molecule has 0 unspecified atom stereocenters. The maximum atomic E-state index is 12.6. The monoisotopic (exact) mass is 429 g/mol. The number of carbonyl (C=O) groups is 3. The van der Waals surface area contributed by atoms with E-state index < -0.39 is 5.54 Å². The van der Waals surface area contributed by atoms with Gasteiger partial charge in [-0.05, 0) is 56.7 Å². The largest absolute Gasteiger partial charge is 0.334 e. The zero-order chi connectivity index (χ0) is 19.8. The number of halogens is 1. The Balaban J connectivity index is 1.69. The summed E-state index contributed by atoms with van der Waals surface area (Å²) in [6.45, 7) is 5.80. The van der Waals surface area contributed by atoms with Gasteiger partial charge >= 0.3 is 6.03 Å². The van der Waals surface area contributed by atoms with Gasteiger partial charge in [0, 0.05) is 22.2 Å². The number of benzene rings is 2. The summed E-state index contributed by atoms with van der Waals surface area (Å²) in [6.07, 6.45) is 0. The van der Waals surface area contributed by atoms with Crippen LogP contribution in [0.2, 0.25) is 0 Å². The lowest BCUT2D eigenvalue weighted by Gasteiger charge is -2.29. The van der Waals surface area contributed by atoms with E-state index in [-0.39, 0.29) is 17.8 Å². The third kappa shape index (κ3) is 4.03. The first-order chi connectivity index (χ1) is 12.7. The quantitative estimate of drug-likeness (QED) is 0.718. The molecule has 6 nitrogen and oxygen atoms in total. The van der Waals surface area contributed by atoms with Crippen LogP contribution in [-0.2, 0) is 6.54 Å². The molecule has 0 aliphatic carbocycles. The van der Waals surface area contributed by atoms with Crippen LogP contribution in [-0.4, -0.2) is 28.3 Å². The van der Waals surface area contributed by atoms with Crippen molar-refractivity contribution >= 4 is 39.5 Å². The normalized spacial score (nSPS) is 13.6. The van der Waals surface area contributed by atoms with Crippen LogP contribution in [0, 0.1) is 0 Å². The summed E-state index contributed by atoms with van der Waals surface area (Å²) in [5, 5.41) is 5.46. The van der Waals surface area contributed by atoms with E-state index in [2.05, 4.69) is 26.6 Å². The fourth-order valence-corrected chi connectivity index (χ4v) is 3.15. The van der Waals surface area contributed by atoms with Gasteiger partial charge in [0.2, 0.25) is 0 Å². The van der Waals surface area contributed by atoms with Gasteiger partial charge in [-0.25, -0.2) is 4.79 Å². The number of nitrogens with one attached hydrogen (secondary N) is 2. The van der Waals surface area contributed by atoms with Gasteiger partial charge in [-0.2, -0.15) is 0 Å². The summed E-state index contributed by atoms with van der Waals surface area (Å²) in [4.78, 5) is 38.4. The molecule has 2 aromatic rings. The molecule has 0 bridgehead atoms. The fourth-order valence-electron chi connectivity index (χ4n) is 2.89. The van der Waals surface area contributed by atoms with E-state index in [9.17, 15) is 14.4 Å². The van der Waals surface area contributed by atoms with Crippen LogP contribution in [0.25, 0.3) is 0 Å². The van der Waals surface area contributed by atoms with E-state index in [0.29, 0.717) is 23.4 Å². The van der Waals surface area contributed by atoms with E-state index in [1.54, 1.807) is 18.2 Å². The first kappa shape index (κ1) is 19.1. The molecular weight excluding hydrogens is 410 g/mol. The number of hydrogen-bond donors (Lipinski definition) is 2. The number of amides is 4. The molecule has 0 spiro atoms. The highest BCUT2D eigenvalue weighted by molar-refractivity contribution is 9.10. The van der Waals surface area contributed by atoms with Crippen molar-refractivity contribution in [3.8, 4) is 0 Å². The molecule has 0 saturated heterocycles. The highest BCUT2D eigenvalue weighted by atomic mass is 79.9. The third-order valence-corrected chi connectivity index (χ3v) is 4.71. The fraction of sp³-hybridized carbons (Fsp3) is 0.250. The van der Waals surface area contributed by atoms with E-state index in [1.165, 1.54) is 4.90 Å². The Morgan fingerprint density at radius 1 is 1.00 bits per heavy atom. The maximum Gasteiger partial charge on any atom is 0.319 e. The van der Waals surface area contributed by atoms with Crippen LogP contribution in [0.1, 0.15) is 47.1 Å². The Labute approximate surface area is 166 Å². The zero-order valence-electron chi connectivity index (χ0n) is 15.3. The van der Waals surface area contributed by atoms with Gasteiger partial charge in [0.15, 0.2) is 0 Å². The van der Waals surface area contributed by atoms with Gasteiger partial charge in [-0.1, -0.05) is 28.1 Å². The van der Waals surface area contributed by atoms with Gasteiger partial charge < -0.3 is 10.6 Å². The summed E-state index contributed by atoms with van der Waals surface area (Å²) < 4.78 is 0.970. The average Bonchev–Trinajstić information content (AvgIpc) is 2.85. The minimum absolute atomic E-state index is 0.306. The molecule has 1 aliphatic rings. The molecule has 0 atom stereocenters. The van der Waals surface area contributed by atoms with Crippen molar-refractivity contribution in [3.63, 3.8) is 0 Å². The molecule has 0 fully saturated rings. The van der Waals surface area contributed by atoms with Crippen LogP contribution in [0.3, 0.4) is 0 Å². The highest BCUT2D eigenvalue weighted by Gasteiger charge is 2.41. The second-order valence-electron chi connectivity index (χ2n) is 7.31. The van der Waals surface area contributed by atoms with Crippen molar-refractivity contribution in [1.29, 1.82) is 0 Å². The number of fused-ring (bicyclic) bond motifs is 1. The lowest BCUT2D eigenvalue weighted by molar-refractivity contribution is 0.0507. The minimum Gasteiger partial charge on any atom is -0.334 e. The first-order valence-corrected chi connectivity index (χ1v) is 9.28. The summed E-state index contributed by atoms with van der Waals surface area (Å²) in [7, 11) is 0. The van der Waals surface area contributed by atoms with Crippen molar-refractivity contribution < 1.29 is 14.4 Å². The van der Waals surface area contributed by atoms with Gasteiger partial charge in [0.05, 0.1) is 11.1 Å². The lowest BCUT2D eigenvalue weighted by Crippen LogP contribution is -2.45. The Bertz CT molecular complexity index is 917. The van der Waals surface area contributed by atoms with Crippen molar-refractivity contribution in [3.05, 3.63) is 63.6 Å². The summed E-state index contributed by atoms with van der Waals surface area (Å²) >= 11 is 3.36. The number of urea groups is 1. The van der Waals surface area contributed by atoms with Crippen LogP contribution >= 0.6 is 15.9 Å². The number of hydrogen-bond acceptors (Lipinski definition) is 3. The highest BCUT2D eigenvalue weighted by Crippen LogP contribution is 2.30. The number of imide groups is 1. The van der Waals surface area contributed by atoms with Crippen molar-refractivity contribution in [2.75, 3.05) is 5.32 Å². The molecule has 1 aliphatic heterocycles. The second-order valence-corrected chi connectivity index (χ2v) is 8.23. The Morgan fingerprint density at radius 2 is 1.63 bits per heavy atom. The average molecular weight is 430 g/mol. The minimum atomic E-state index is -0.608. The van der Waals surface area contributed by atoms with E-state index in [0.717, 1.165) is 10.0 Å². The predicted molar refractivity (Wildman–Crippen MR) is 107 cm³/mol. The van der Waals surface area contributed by atoms with Crippen LogP contribution in [0.4, 0.5) is 10.5 Å². The smallest absolute Gasteiger partial charge is 0.319 e. The number of nitrogens with zero attached hydrogens (tertiary/aromatic N) is 1. The lowest BCUT2D eigenvalue weighted by atomic mass is 10.1. The van der Waals surface area contributed by atoms with Crippen LogP contribution in [0.15, 0.2) is 46.9 Å². The molecule has 0 aromatic heterocycles. The van der Waals surface area contributed by atoms with Gasteiger partial charge in [-0.3, -0.25) is 14.5 Å². The summed E-state index contributed by atoms with van der Waals surface area (Å²) in [5.41, 5.74) is 1.47. The molecule has 0 saturated carbocycles. The molecule has 27 heavy (non-hydrogen) atoms. The topological polar surface area (TPSA) is 78.5 Å². The van der Waals surface area contributed by atoms with Crippen molar-refractivity contribution in [1.82, 2.24) is 10.2 Å². The standard InChI is InChI=1S/C20H20BrN3O3/c1-20(2,3)24-17(25)15-9-8-14(10-16(15)18(24)26)23-19(27)22-11-12-4-6-13(21)7-5-12/h4-10H,11H2,1-3H3,(H2,22,23,27). The summed E-state index contributed by atoms with van der Waals surface area (Å²) in [6, 6.07) is 12.0. The molecule has 140 valence electrons. The van der Waals surface area contributed by atoms with Crippen LogP contribution < -0.4 is 10.6 Å². The zero-order valence-corrected chi connectivity index (χ0v) is 16.9. The van der Waals surface area contributed by atoms with E-state index in [1.807, 2.05) is 45.0 Å². The molecule has 3 rings (SSSR count). The SMILES string of the molecule is CC(C)(C)N1C(=O)c2ccc(NC(=O)NCc3ccc(Br)cc3)cc2C1=O. The molecular formula is C20H20BrN3O3. The summed E-state index contributed by atoms with van der Waals surface area (Å²) in [5.74, 6) is -0.657. The predicted octanol–water partition coefficient (Wildman–Crippen LogP) is 4.17. The molecule has 7 heteroatoms. The molecule has 1 heterocycles. The van der Waals surface area contributed by atoms with Crippen molar-refractivity contribution in [2.24, 2.45) is 0 Å². The molecule has 0 radical (unpaired) electrons. The van der Waals surface area contributed by atoms with E-state index in [4.69, 9.17) is 0 Å². The third-order valence-electron chi connectivity index (χ3n) is 4.18.